The number of esters is 1. The van der Waals surface area contributed by atoms with Crippen molar-refractivity contribution in [3.8, 4) is 5.75 Å². The Hall–Kier alpha value is -3.65. The van der Waals surface area contributed by atoms with Gasteiger partial charge in [-0.15, -0.1) is 0 Å². The largest absolute Gasteiger partial charge is 0.489 e. The van der Waals surface area contributed by atoms with E-state index in [0.29, 0.717) is 45.4 Å². The van der Waals surface area contributed by atoms with Crippen LogP contribution in [0.5, 0.6) is 5.75 Å². The minimum absolute atomic E-state index is 0.148. The number of carbonyl (C=O) groups excluding carboxylic acids is 3. The molecule has 0 aliphatic carbocycles. The first-order valence-electron chi connectivity index (χ1n) is 14.0. The Morgan fingerprint density at radius 1 is 0.927 bits per heavy atom. The van der Waals surface area contributed by atoms with Crippen molar-refractivity contribution in [2.45, 2.75) is 51.2 Å². The number of hydrogen-bond donors (Lipinski definition) is 1. The molecule has 1 N–H and O–H groups in total. The Bertz CT molecular complexity index is 1290. The van der Waals surface area contributed by atoms with E-state index in [1.165, 1.54) is 7.11 Å². The highest BCUT2D eigenvalue weighted by Gasteiger charge is 2.27. The molecule has 1 fully saturated rings. The number of likely N-dealkylation sites (tertiary alicyclic amines) is 1. The molecular formula is C33H37BrN2O5. The van der Waals surface area contributed by atoms with Crippen LogP contribution in [-0.2, 0) is 38.6 Å². The molecule has 0 saturated carbocycles. The summed E-state index contributed by atoms with van der Waals surface area (Å²) in [5.41, 5.74) is 3.10. The van der Waals surface area contributed by atoms with Crippen molar-refractivity contribution in [2.75, 3.05) is 20.2 Å². The van der Waals surface area contributed by atoms with E-state index in [2.05, 4.69) is 21.2 Å². The van der Waals surface area contributed by atoms with Crippen LogP contribution < -0.4 is 10.1 Å². The lowest BCUT2D eigenvalue weighted by molar-refractivity contribution is -0.145. The predicted molar refractivity (Wildman–Crippen MR) is 161 cm³/mol. The van der Waals surface area contributed by atoms with Crippen molar-refractivity contribution in [3.63, 3.8) is 0 Å². The highest BCUT2D eigenvalue weighted by atomic mass is 79.9. The van der Waals surface area contributed by atoms with Crippen LogP contribution in [0.25, 0.3) is 0 Å². The minimum atomic E-state index is -0.775. The van der Waals surface area contributed by atoms with Gasteiger partial charge in [0, 0.05) is 36.8 Å². The highest BCUT2D eigenvalue weighted by molar-refractivity contribution is 9.10. The third kappa shape index (κ3) is 9.74. The van der Waals surface area contributed by atoms with Crippen LogP contribution in [0.3, 0.4) is 0 Å². The Morgan fingerprint density at radius 2 is 1.63 bits per heavy atom. The van der Waals surface area contributed by atoms with Gasteiger partial charge in [-0.05, 0) is 66.1 Å². The summed E-state index contributed by atoms with van der Waals surface area (Å²) in [5, 5.41) is 2.87. The molecule has 0 aromatic heterocycles. The molecule has 1 saturated heterocycles. The fourth-order valence-electron chi connectivity index (χ4n) is 5.04. The van der Waals surface area contributed by atoms with E-state index in [0.717, 1.165) is 39.8 Å². The second-order valence-corrected chi connectivity index (χ2v) is 11.3. The van der Waals surface area contributed by atoms with Crippen LogP contribution in [0.2, 0.25) is 0 Å². The molecule has 8 heteroatoms. The number of ether oxygens (including phenoxy) is 2. The SMILES string of the molecule is COC(=O)[C@H](Cc1ccc(OCc2ccccc2)cc1)NC(=O)CC1CCN(C(=O)CCc2cccc(Br)c2)CC1. The second-order valence-electron chi connectivity index (χ2n) is 10.4. The quantitative estimate of drug-likeness (QED) is 0.271. The molecule has 0 unspecified atom stereocenters. The summed E-state index contributed by atoms with van der Waals surface area (Å²) in [4.78, 5) is 40.0. The summed E-state index contributed by atoms with van der Waals surface area (Å²) >= 11 is 3.47. The van der Waals surface area contributed by atoms with E-state index in [1.807, 2.05) is 83.8 Å². The van der Waals surface area contributed by atoms with Gasteiger partial charge in [0.15, 0.2) is 0 Å². The van der Waals surface area contributed by atoms with Gasteiger partial charge < -0.3 is 19.7 Å². The van der Waals surface area contributed by atoms with Crippen molar-refractivity contribution in [1.29, 1.82) is 0 Å². The standard InChI is InChI=1S/C33H37BrN2O5/c1-40-33(39)30(21-25-10-13-29(14-11-25)41-23-27-6-3-2-4-7-27)35-31(37)22-26-16-18-36(19-17-26)32(38)15-12-24-8-5-9-28(34)20-24/h2-11,13-14,20,26,30H,12,15-19,21-23H2,1H3,(H,35,37)/t30-/m0/s1. The van der Waals surface area contributed by atoms with Gasteiger partial charge in [0.1, 0.15) is 18.4 Å². The molecule has 0 radical (unpaired) electrons. The molecule has 0 spiro atoms. The number of aryl methyl sites for hydroxylation is 1. The van der Waals surface area contributed by atoms with E-state index in [-0.39, 0.29) is 17.7 Å². The fraction of sp³-hybridized carbons (Fsp3) is 0.364. The number of carbonyl (C=O) groups is 3. The van der Waals surface area contributed by atoms with Gasteiger partial charge in [-0.25, -0.2) is 4.79 Å². The van der Waals surface area contributed by atoms with Crippen LogP contribution in [0.15, 0.2) is 83.3 Å². The fourth-order valence-corrected chi connectivity index (χ4v) is 5.48. The smallest absolute Gasteiger partial charge is 0.328 e. The van der Waals surface area contributed by atoms with Crippen molar-refractivity contribution < 1.29 is 23.9 Å². The molecule has 4 rings (SSSR count). The maximum absolute atomic E-state index is 12.9. The summed E-state index contributed by atoms with van der Waals surface area (Å²) in [6.45, 7) is 1.77. The van der Waals surface area contributed by atoms with Gasteiger partial charge >= 0.3 is 5.97 Å². The van der Waals surface area contributed by atoms with E-state index in [9.17, 15) is 14.4 Å². The molecule has 3 aromatic carbocycles. The zero-order valence-corrected chi connectivity index (χ0v) is 25.0. The average Bonchev–Trinajstić information content (AvgIpc) is 2.99. The number of methoxy groups -OCH3 is 1. The third-order valence-corrected chi connectivity index (χ3v) is 7.88. The first-order chi connectivity index (χ1) is 19.9. The number of amides is 2. The maximum Gasteiger partial charge on any atom is 0.328 e. The Balaban J connectivity index is 1.21. The molecule has 1 aliphatic rings. The number of rotatable bonds is 12. The molecule has 1 atom stereocenters. The van der Waals surface area contributed by atoms with Gasteiger partial charge in [0.2, 0.25) is 11.8 Å². The molecule has 7 nitrogen and oxygen atoms in total. The summed E-state index contributed by atoms with van der Waals surface area (Å²) in [5.74, 6) is 0.393. The average molecular weight is 622 g/mol. The lowest BCUT2D eigenvalue weighted by atomic mass is 9.92. The monoisotopic (exact) mass is 620 g/mol. The van der Waals surface area contributed by atoms with Crippen molar-refractivity contribution >= 4 is 33.7 Å². The van der Waals surface area contributed by atoms with Crippen LogP contribution in [0.4, 0.5) is 0 Å². The molecule has 2 amide bonds. The van der Waals surface area contributed by atoms with Gasteiger partial charge in [-0.3, -0.25) is 9.59 Å². The van der Waals surface area contributed by atoms with Gasteiger partial charge in [0.05, 0.1) is 7.11 Å². The number of nitrogens with one attached hydrogen (secondary N) is 1. The maximum atomic E-state index is 12.9. The van der Waals surface area contributed by atoms with E-state index >= 15 is 0 Å². The summed E-state index contributed by atoms with van der Waals surface area (Å²) < 4.78 is 11.8. The Kier molecular flexibility index (Phi) is 11.4. The molecule has 0 bridgehead atoms. The molecule has 3 aromatic rings. The lowest BCUT2D eigenvalue weighted by Crippen LogP contribution is -2.44. The van der Waals surface area contributed by atoms with E-state index in [4.69, 9.17) is 9.47 Å². The first kappa shape index (κ1) is 30.3. The van der Waals surface area contributed by atoms with Gasteiger partial charge in [0.25, 0.3) is 0 Å². The van der Waals surface area contributed by atoms with Crippen molar-refractivity contribution in [3.05, 3.63) is 100 Å². The minimum Gasteiger partial charge on any atom is -0.489 e. The molecule has 216 valence electrons. The first-order valence-corrected chi connectivity index (χ1v) is 14.8. The molecule has 41 heavy (non-hydrogen) atoms. The van der Waals surface area contributed by atoms with Crippen molar-refractivity contribution in [2.24, 2.45) is 5.92 Å². The number of hydrogen-bond acceptors (Lipinski definition) is 5. The summed E-state index contributed by atoms with van der Waals surface area (Å²) in [7, 11) is 1.32. The Morgan fingerprint density at radius 3 is 2.32 bits per heavy atom. The highest BCUT2D eigenvalue weighted by Crippen LogP contribution is 2.22. The van der Waals surface area contributed by atoms with Gasteiger partial charge in [-0.2, -0.15) is 0 Å². The second kappa shape index (κ2) is 15.4. The van der Waals surface area contributed by atoms with Crippen LogP contribution >= 0.6 is 15.9 Å². The third-order valence-electron chi connectivity index (χ3n) is 7.39. The number of benzene rings is 3. The Labute approximate surface area is 250 Å². The normalized spacial score (nSPS) is 14.2. The number of halogens is 1. The summed E-state index contributed by atoms with van der Waals surface area (Å²) in [6, 6.07) is 24.7. The van der Waals surface area contributed by atoms with E-state index in [1.54, 1.807) is 0 Å². The topological polar surface area (TPSA) is 84.9 Å². The summed E-state index contributed by atoms with van der Waals surface area (Å²) in [6.07, 6.45) is 3.36. The molecule has 1 heterocycles. The predicted octanol–water partition coefficient (Wildman–Crippen LogP) is 5.49. The molecule has 1 aliphatic heterocycles. The lowest BCUT2D eigenvalue weighted by Gasteiger charge is -2.32. The van der Waals surface area contributed by atoms with Crippen LogP contribution in [0, 0.1) is 5.92 Å². The number of piperidine rings is 1. The van der Waals surface area contributed by atoms with Crippen molar-refractivity contribution in [1.82, 2.24) is 10.2 Å². The van der Waals surface area contributed by atoms with E-state index < -0.39 is 12.0 Å². The van der Waals surface area contributed by atoms with Crippen LogP contribution in [-0.4, -0.2) is 48.9 Å². The van der Waals surface area contributed by atoms with Crippen LogP contribution in [0.1, 0.15) is 42.4 Å². The zero-order valence-electron chi connectivity index (χ0n) is 23.4. The van der Waals surface area contributed by atoms with Gasteiger partial charge in [-0.1, -0.05) is 70.5 Å². The zero-order chi connectivity index (χ0) is 29.0. The molecular weight excluding hydrogens is 584 g/mol. The number of nitrogens with zero attached hydrogens (tertiary/aromatic N) is 1.